The van der Waals surface area contributed by atoms with E-state index in [0.29, 0.717) is 18.2 Å². The molecule has 1 aliphatic rings. The number of nitrogens with zero attached hydrogens (tertiary/aromatic N) is 1. The van der Waals surface area contributed by atoms with Crippen LogP contribution in [0.4, 0.5) is 11.4 Å². The van der Waals surface area contributed by atoms with Crippen LogP contribution in [0.5, 0.6) is 0 Å². The van der Waals surface area contributed by atoms with Gasteiger partial charge in [0.2, 0.25) is 0 Å². The molecule has 1 aromatic heterocycles. The zero-order valence-electron chi connectivity index (χ0n) is 10.3. The van der Waals surface area contributed by atoms with Crippen LogP contribution in [0, 0.1) is 5.92 Å². The Bertz CT molecular complexity index is 383. The minimum Gasteiger partial charge on any atom is -0.397 e. The summed E-state index contributed by atoms with van der Waals surface area (Å²) in [6.07, 6.45) is 7.42. The van der Waals surface area contributed by atoms with Crippen molar-refractivity contribution < 1.29 is 5.11 Å². The summed E-state index contributed by atoms with van der Waals surface area (Å²) in [6, 6.07) is 1.84. The molecule has 0 amide bonds. The highest BCUT2D eigenvalue weighted by atomic mass is 16.3. The molecule has 2 atom stereocenters. The Kier molecular flexibility index (Phi) is 3.52. The molecule has 0 aromatic carbocycles. The lowest BCUT2D eigenvalue weighted by Gasteiger charge is -2.35. The average Bonchev–Trinajstić information content (AvgIpc) is 2.26. The Balaban J connectivity index is 1.93. The molecule has 0 saturated heterocycles. The molecular formula is C13H21N3O. The minimum atomic E-state index is -0.581. The van der Waals surface area contributed by atoms with Crippen molar-refractivity contribution in [1.82, 2.24) is 4.98 Å². The number of nitrogen functional groups attached to an aromatic ring is 1. The molecule has 1 aliphatic carbocycles. The molecular weight excluding hydrogens is 214 g/mol. The van der Waals surface area contributed by atoms with Gasteiger partial charge in [-0.1, -0.05) is 19.8 Å². The Morgan fingerprint density at radius 2 is 2.41 bits per heavy atom. The van der Waals surface area contributed by atoms with Crippen molar-refractivity contribution in [2.45, 2.75) is 38.2 Å². The summed E-state index contributed by atoms with van der Waals surface area (Å²) in [5.41, 5.74) is 6.59. The second-order valence-electron chi connectivity index (χ2n) is 5.29. The van der Waals surface area contributed by atoms with E-state index in [1.54, 1.807) is 12.4 Å². The highest BCUT2D eigenvalue weighted by molar-refractivity contribution is 5.51. The second kappa shape index (κ2) is 4.92. The number of hydrogen-bond donors (Lipinski definition) is 3. The second-order valence-corrected chi connectivity index (χ2v) is 5.29. The van der Waals surface area contributed by atoms with Crippen molar-refractivity contribution in [3.05, 3.63) is 18.5 Å². The summed E-state index contributed by atoms with van der Waals surface area (Å²) in [5.74, 6) is 0.606. The fourth-order valence-electron chi connectivity index (χ4n) is 2.61. The van der Waals surface area contributed by atoms with Gasteiger partial charge >= 0.3 is 0 Å². The van der Waals surface area contributed by atoms with Gasteiger partial charge in [-0.2, -0.15) is 0 Å². The van der Waals surface area contributed by atoms with Gasteiger partial charge in [-0.3, -0.25) is 4.98 Å². The van der Waals surface area contributed by atoms with E-state index in [0.717, 1.165) is 24.9 Å². The Morgan fingerprint density at radius 1 is 1.59 bits per heavy atom. The van der Waals surface area contributed by atoms with Crippen molar-refractivity contribution in [3.63, 3.8) is 0 Å². The van der Waals surface area contributed by atoms with E-state index >= 15 is 0 Å². The van der Waals surface area contributed by atoms with E-state index in [-0.39, 0.29) is 0 Å². The molecule has 4 heteroatoms. The predicted octanol–water partition coefficient (Wildman–Crippen LogP) is 2.02. The van der Waals surface area contributed by atoms with Gasteiger partial charge in [-0.05, 0) is 24.8 Å². The van der Waals surface area contributed by atoms with Crippen LogP contribution in [0.15, 0.2) is 18.5 Å². The Morgan fingerprint density at radius 3 is 3.12 bits per heavy atom. The van der Waals surface area contributed by atoms with Crippen LogP contribution in [0.25, 0.3) is 0 Å². The number of nitrogens with two attached hydrogens (primary N) is 1. The van der Waals surface area contributed by atoms with Crippen molar-refractivity contribution >= 4 is 11.4 Å². The van der Waals surface area contributed by atoms with E-state index in [1.807, 2.05) is 6.07 Å². The molecule has 17 heavy (non-hydrogen) atoms. The number of nitrogens with one attached hydrogen (secondary N) is 1. The lowest BCUT2D eigenvalue weighted by atomic mass is 9.79. The van der Waals surface area contributed by atoms with Gasteiger partial charge in [-0.15, -0.1) is 0 Å². The van der Waals surface area contributed by atoms with E-state index in [9.17, 15) is 5.11 Å². The molecule has 0 radical (unpaired) electrons. The summed E-state index contributed by atoms with van der Waals surface area (Å²) in [6.45, 7) is 2.77. The fourth-order valence-corrected chi connectivity index (χ4v) is 2.61. The van der Waals surface area contributed by atoms with E-state index in [1.165, 1.54) is 6.42 Å². The Hall–Kier alpha value is -1.29. The summed E-state index contributed by atoms with van der Waals surface area (Å²) in [5, 5.41) is 13.7. The zero-order valence-corrected chi connectivity index (χ0v) is 10.3. The van der Waals surface area contributed by atoms with E-state index in [4.69, 9.17) is 5.73 Å². The minimum absolute atomic E-state index is 0.572. The molecule has 1 heterocycles. The first-order valence-electron chi connectivity index (χ1n) is 6.24. The number of anilines is 2. The molecule has 0 aliphatic heterocycles. The Labute approximate surface area is 102 Å². The quantitative estimate of drug-likeness (QED) is 0.749. The van der Waals surface area contributed by atoms with Crippen molar-refractivity contribution in [3.8, 4) is 0 Å². The first kappa shape index (κ1) is 12.2. The number of aliphatic hydroxyl groups is 1. The van der Waals surface area contributed by atoms with Gasteiger partial charge in [-0.25, -0.2) is 0 Å². The van der Waals surface area contributed by atoms with Crippen molar-refractivity contribution in [2.24, 2.45) is 5.92 Å². The number of rotatable bonds is 3. The van der Waals surface area contributed by atoms with Crippen LogP contribution in [0.2, 0.25) is 0 Å². The van der Waals surface area contributed by atoms with Gasteiger partial charge in [0.25, 0.3) is 0 Å². The molecule has 4 N–H and O–H groups in total. The molecule has 4 nitrogen and oxygen atoms in total. The maximum Gasteiger partial charge on any atom is 0.0821 e. The number of pyridine rings is 1. The van der Waals surface area contributed by atoms with Gasteiger partial charge in [0.15, 0.2) is 0 Å². The SMILES string of the molecule is CC1CCCC(O)(CNc2cncc(N)c2)C1. The molecule has 2 unspecified atom stereocenters. The average molecular weight is 235 g/mol. The van der Waals surface area contributed by atoms with Crippen LogP contribution in [0.3, 0.4) is 0 Å². The molecule has 0 bridgehead atoms. The number of hydrogen-bond acceptors (Lipinski definition) is 4. The third-order valence-corrected chi connectivity index (χ3v) is 3.45. The molecule has 2 rings (SSSR count). The molecule has 0 spiro atoms. The highest BCUT2D eigenvalue weighted by Crippen LogP contribution is 2.32. The zero-order chi connectivity index (χ0) is 12.3. The maximum atomic E-state index is 10.5. The standard InChI is InChI=1S/C13H21N3O/c1-10-3-2-4-13(17,6-10)9-16-12-5-11(14)7-15-8-12/h5,7-8,10,16-17H,2-4,6,9,14H2,1H3. The number of aromatic nitrogens is 1. The fraction of sp³-hybridized carbons (Fsp3) is 0.615. The lowest BCUT2D eigenvalue weighted by Crippen LogP contribution is -2.41. The van der Waals surface area contributed by atoms with Crippen LogP contribution >= 0.6 is 0 Å². The summed E-state index contributed by atoms with van der Waals surface area (Å²) >= 11 is 0. The van der Waals surface area contributed by atoms with E-state index in [2.05, 4.69) is 17.2 Å². The van der Waals surface area contributed by atoms with Crippen molar-refractivity contribution in [1.29, 1.82) is 0 Å². The first-order chi connectivity index (χ1) is 8.07. The largest absolute Gasteiger partial charge is 0.397 e. The predicted molar refractivity (Wildman–Crippen MR) is 69.7 cm³/mol. The van der Waals surface area contributed by atoms with Crippen LogP contribution in [-0.2, 0) is 0 Å². The third-order valence-electron chi connectivity index (χ3n) is 3.45. The summed E-state index contributed by atoms with van der Waals surface area (Å²) in [7, 11) is 0. The lowest BCUT2D eigenvalue weighted by molar-refractivity contribution is -0.000764. The summed E-state index contributed by atoms with van der Waals surface area (Å²) in [4.78, 5) is 4.02. The summed E-state index contributed by atoms with van der Waals surface area (Å²) < 4.78 is 0. The maximum absolute atomic E-state index is 10.5. The smallest absolute Gasteiger partial charge is 0.0821 e. The monoisotopic (exact) mass is 235 g/mol. The van der Waals surface area contributed by atoms with Gasteiger partial charge in [0.1, 0.15) is 0 Å². The van der Waals surface area contributed by atoms with E-state index < -0.39 is 5.60 Å². The van der Waals surface area contributed by atoms with Gasteiger partial charge < -0.3 is 16.2 Å². The normalized spacial score (nSPS) is 28.9. The molecule has 1 saturated carbocycles. The van der Waals surface area contributed by atoms with Gasteiger partial charge in [0.05, 0.1) is 23.2 Å². The topological polar surface area (TPSA) is 71.2 Å². The van der Waals surface area contributed by atoms with Crippen LogP contribution in [-0.4, -0.2) is 22.2 Å². The molecule has 1 fully saturated rings. The van der Waals surface area contributed by atoms with Crippen LogP contribution in [0.1, 0.15) is 32.6 Å². The molecule has 94 valence electrons. The highest BCUT2D eigenvalue weighted by Gasteiger charge is 2.32. The molecule has 1 aromatic rings. The van der Waals surface area contributed by atoms with Crippen molar-refractivity contribution in [2.75, 3.05) is 17.6 Å². The van der Waals surface area contributed by atoms with Crippen LogP contribution < -0.4 is 11.1 Å². The third kappa shape index (κ3) is 3.33. The first-order valence-corrected chi connectivity index (χ1v) is 6.24. The van der Waals surface area contributed by atoms with Gasteiger partial charge in [0, 0.05) is 12.7 Å².